The Bertz CT molecular complexity index is 667. The second-order valence-electron chi connectivity index (χ2n) is 6.67. The fraction of sp³-hybridized carbons (Fsp3) is 0.533. The standard InChI is InChI=1S/C15H18O4S/c1-14(2,3)10-4-6-12(7-5-10)20(17,18)15-8-11(15)9-19-13(15)16/h4-7,11H,8-9H2,1-3H3/t11-,15+/m0/s1. The van der Waals surface area contributed by atoms with Gasteiger partial charge in [0, 0.05) is 5.92 Å². The van der Waals surface area contributed by atoms with E-state index in [2.05, 4.69) is 20.8 Å². The van der Waals surface area contributed by atoms with Crippen molar-refractivity contribution < 1.29 is 17.9 Å². The van der Waals surface area contributed by atoms with Gasteiger partial charge in [-0.3, -0.25) is 4.79 Å². The molecule has 0 radical (unpaired) electrons. The van der Waals surface area contributed by atoms with E-state index in [9.17, 15) is 13.2 Å². The summed E-state index contributed by atoms with van der Waals surface area (Å²) in [7, 11) is -3.65. The summed E-state index contributed by atoms with van der Waals surface area (Å²) in [6.45, 7) is 6.44. The summed E-state index contributed by atoms with van der Waals surface area (Å²) >= 11 is 0. The zero-order chi connectivity index (χ0) is 14.8. The van der Waals surface area contributed by atoms with E-state index in [1.165, 1.54) is 0 Å². The smallest absolute Gasteiger partial charge is 0.328 e. The lowest BCUT2D eigenvalue weighted by molar-refractivity contribution is -0.140. The van der Waals surface area contributed by atoms with Crippen molar-refractivity contribution >= 4 is 15.8 Å². The molecule has 2 fully saturated rings. The molecule has 1 aromatic carbocycles. The summed E-state index contributed by atoms with van der Waals surface area (Å²) in [4.78, 5) is 12.0. The second-order valence-corrected chi connectivity index (χ2v) is 8.87. The van der Waals surface area contributed by atoms with Crippen LogP contribution in [0.4, 0.5) is 0 Å². The van der Waals surface area contributed by atoms with E-state index in [1.54, 1.807) is 12.1 Å². The minimum absolute atomic E-state index is 0.0328. The Morgan fingerprint density at radius 3 is 2.20 bits per heavy atom. The SMILES string of the molecule is CC(C)(C)c1ccc(S(=O)(=O)[C@]23C[C@H]2COC3=O)cc1. The van der Waals surface area contributed by atoms with Crippen molar-refractivity contribution in [3.8, 4) is 0 Å². The number of esters is 1. The van der Waals surface area contributed by atoms with E-state index in [-0.39, 0.29) is 22.8 Å². The highest BCUT2D eigenvalue weighted by molar-refractivity contribution is 7.94. The number of ether oxygens (including phenoxy) is 1. The molecule has 2 aliphatic rings. The van der Waals surface area contributed by atoms with Crippen LogP contribution in [0, 0.1) is 5.92 Å². The largest absolute Gasteiger partial charge is 0.464 e. The fourth-order valence-electron chi connectivity index (χ4n) is 2.83. The maximum absolute atomic E-state index is 12.7. The summed E-state index contributed by atoms with van der Waals surface area (Å²) in [5, 5.41) is 0. The van der Waals surface area contributed by atoms with Crippen LogP contribution in [0.1, 0.15) is 32.8 Å². The normalized spacial score (nSPS) is 28.9. The number of hydrogen-bond donors (Lipinski definition) is 0. The Balaban J connectivity index is 2.00. The van der Waals surface area contributed by atoms with Gasteiger partial charge < -0.3 is 4.74 Å². The quantitative estimate of drug-likeness (QED) is 0.783. The Morgan fingerprint density at radius 1 is 1.20 bits per heavy atom. The van der Waals surface area contributed by atoms with E-state index >= 15 is 0 Å². The average molecular weight is 294 g/mol. The van der Waals surface area contributed by atoms with Crippen molar-refractivity contribution in [2.45, 2.75) is 42.2 Å². The number of carbonyl (C=O) groups is 1. The number of sulfone groups is 1. The molecule has 3 rings (SSSR count). The van der Waals surface area contributed by atoms with Gasteiger partial charge in [0.2, 0.25) is 0 Å². The summed E-state index contributed by atoms with van der Waals surface area (Å²) in [5.74, 6) is -0.746. The van der Waals surface area contributed by atoms with E-state index in [0.717, 1.165) is 5.56 Å². The van der Waals surface area contributed by atoms with Crippen LogP contribution < -0.4 is 0 Å². The van der Waals surface area contributed by atoms with Gasteiger partial charge in [-0.2, -0.15) is 0 Å². The van der Waals surface area contributed by atoms with Crippen molar-refractivity contribution in [2.24, 2.45) is 5.92 Å². The van der Waals surface area contributed by atoms with Gasteiger partial charge in [-0.1, -0.05) is 32.9 Å². The zero-order valence-corrected chi connectivity index (χ0v) is 12.7. The van der Waals surface area contributed by atoms with Gasteiger partial charge in [0.25, 0.3) is 0 Å². The highest BCUT2D eigenvalue weighted by atomic mass is 32.2. The van der Waals surface area contributed by atoms with Crippen LogP contribution in [0.25, 0.3) is 0 Å². The maximum atomic E-state index is 12.7. The second kappa shape index (κ2) is 3.85. The molecule has 0 unspecified atom stereocenters. The lowest BCUT2D eigenvalue weighted by atomic mass is 9.87. The van der Waals surface area contributed by atoms with Crippen LogP contribution in [-0.2, 0) is 24.8 Å². The molecule has 1 aliphatic heterocycles. The Labute approximate surface area is 119 Å². The van der Waals surface area contributed by atoms with E-state index in [4.69, 9.17) is 4.74 Å². The third-order valence-corrected chi connectivity index (χ3v) is 6.84. The van der Waals surface area contributed by atoms with Crippen LogP contribution in [-0.4, -0.2) is 25.7 Å². The Kier molecular flexibility index (Phi) is 2.62. The first-order chi connectivity index (χ1) is 9.19. The number of fused-ring (bicyclic) bond motifs is 1. The number of cyclic esters (lactones) is 1. The molecule has 4 nitrogen and oxygen atoms in total. The zero-order valence-electron chi connectivity index (χ0n) is 11.8. The van der Waals surface area contributed by atoms with Gasteiger partial charge in [0.15, 0.2) is 14.6 Å². The topological polar surface area (TPSA) is 60.4 Å². The number of benzene rings is 1. The molecule has 20 heavy (non-hydrogen) atoms. The minimum Gasteiger partial charge on any atom is -0.464 e. The van der Waals surface area contributed by atoms with E-state index in [1.807, 2.05) is 12.1 Å². The Hall–Kier alpha value is -1.36. The summed E-state index contributed by atoms with van der Waals surface area (Å²) < 4.78 is 28.9. The number of carbonyl (C=O) groups excluding carboxylic acids is 1. The molecule has 1 saturated carbocycles. The molecule has 1 saturated heterocycles. The molecular formula is C15H18O4S. The highest BCUT2D eigenvalue weighted by Crippen LogP contribution is 2.57. The van der Waals surface area contributed by atoms with Crippen molar-refractivity contribution in [3.05, 3.63) is 29.8 Å². The fourth-order valence-corrected chi connectivity index (χ4v) is 4.95. The van der Waals surface area contributed by atoms with Gasteiger partial charge in [0.1, 0.15) is 0 Å². The molecule has 1 aromatic rings. The highest BCUT2D eigenvalue weighted by Gasteiger charge is 2.74. The third kappa shape index (κ3) is 1.65. The summed E-state index contributed by atoms with van der Waals surface area (Å²) in [6.07, 6.45) is 0.398. The van der Waals surface area contributed by atoms with Gasteiger partial charge in [0.05, 0.1) is 11.5 Å². The number of hydrogen-bond acceptors (Lipinski definition) is 4. The lowest BCUT2D eigenvalue weighted by Gasteiger charge is -2.19. The van der Waals surface area contributed by atoms with Crippen molar-refractivity contribution in [3.63, 3.8) is 0 Å². The molecule has 0 aromatic heterocycles. The molecule has 0 N–H and O–H groups in total. The van der Waals surface area contributed by atoms with E-state index < -0.39 is 20.6 Å². The van der Waals surface area contributed by atoms with Gasteiger partial charge >= 0.3 is 5.97 Å². The van der Waals surface area contributed by atoms with Gasteiger partial charge in [-0.05, 0) is 29.5 Å². The minimum atomic E-state index is -3.65. The molecule has 108 valence electrons. The molecule has 0 spiro atoms. The first-order valence-electron chi connectivity index (χ1n) is 6.72. The van der Waals surface area contributed by atoms with Crippen molar-refractivity contribution in [2.75, 3.05) is 6.61 Å². The molecule has 0 bridgehead atoms. The molecule has 1 heterocycles. The molecule has 0 amide bonds. The molecule has 1 aliphatic carbocycles. The summed E-state index contributed by atoms with van der Waals surface area (Å²) in [6, 6.07) is 6.85. The van der Waals surface area contributed by atoms with Gasteiger partial charge in [-0.25, -0.2) is 8.42 Å². The average Bonchev–Trinajstić information content (AvgIpc) is 3.04. The van der Waals surface area contributed by atoms with Crippen molar-refractivity contribution in [1.82, 2.24) is 0 Å². The monoisotopic (exact) mass is 294 g/mol. The Morgan fingerprint density at radius 2 is 1.80 bits per heavy atom. The maximum Gasteiger partial charge on any atom is 0.328 e. The predicted molar refractivity (Wildman–Crippen MR) is 74.1 cm³/mol. The first-order valence-corrected chi connectivity index (χ1v) is 8.20. The third-order valence-electron chi connectivity index (χ3n) is 4.32. The van der Waals surface area contributed by atoms with Crippen LogP contribution >= 0.6 is 0 Å². The van der Waals surface area contributed by atoms with Gasteiger partial charge in [-0.15, -0.1) is 0 Å². The van der Waals surface area contributed by atoms with Crippen LogP contribution in [0.15, 0.2) is 29.2 Å². The molecule has 2 atom stereocenters. The molecular weight excluding hydrogens is 276 g/mol. The van der Waals surface area contributed by atoms with Crippen LogP contribution in [0.5, 0.6) is 0 Å². The number of rotatable bonds is 2. The predicted octanol–water partition coefficient (Wildman–Crippen LogP) is 2.07. The van der Waals surface area contributed by atoms with E-state index in [0.29, 0.717) is 6.42 Å². The lowest BCUT2D eigenvalue weighted by Crippen LogP contribution is -2.32. The first kappa shape index (κ1) is 13.6. The van der Waals surface area contributed by atoms with Crippen LogP contribution in [0.2, 0.25) is 0 Å². The van der Waals surface area contributed by atoms with Crippen LogP contribution in [0.3, 0.4) is 0 Å². The molecule has 5 heteroatoms. The van der Waals surface area contributed by atoms with Crippen molar-refractivity contribution in [1.29, 1.82) is 0 Å². The summed E-state index contributed by atoms with van der Waals surface area (Å²) in [5.41, 5.74) is 1.03.